The van der Waals surface area contributed by atoms with Gasteiger partial charge in [0.15, 0.2) is 0 Å². The molecule has 92 valence electrons. The van der Waals surface area contributed by atoms with Crippen molar-refractivity contribution in [3.05, 3.63) is 59.2 Å². The van der Waals surface area contributed by atoms with Gasteiger partial charge in [-0.2, -0.15) is 10.5 Å². The number of nitrogens with one attached hydrogen (secondary N) is 1. The Kier molecular flexibility index (Phi) is 3.40. The second-order valence-electron chi connectivity index (χ2n) is 3.74. The predicted molar refractivity (Wildman–Crippen MR) is 65.5 cm³/mol. The van der Waals surface area contributed by atoms with Crippen molar-refractivity contribution < 1.29 is 8.78 Å². The van der Waals surface area contributed by atoms with Crippen LogP contribution in [0.2, 0.25) is 0 Å². The van der Waals surface area contributed by atoms with E-state index in [0.717, 1.165) is 18.2 Å². The van der Waals surface area contributed by atoms with Crippen LogP contribution in [-0.2, 0) is 0 Å². The number of benzene rings is 2. The van der Waals surface area contributed by atoms with Crippen molar-refractivity contribution >= 4 is 11.4 Å². The minimum atomic E-state index is -0.663. The quantitative estimate of drug-likeness (QED) is 0.894. The molecular weight excluding hydrogens is 248 g/mol. The van der Waals surface area contributed by atoms with Gasteiger partial charge in [-0.1, -0.05) is 6.07 Å². The standard InChI is InChI=1S/C14H7F2N3/c15-10-4-9(7-17)5-11(6-10)19-14-3-1-2-13(16)12(14)8-18/h1-6,19H. The van der Waals surface area contributed by atoms with Gasteiger partial charge in [0, 0.05) is 5.69 Å². The Hall–Kier alpha value is -2.92. The number of anilines is 2. The molecule has 0 saturated carbocycles. The minimum Gasteiger partial charge on any atom is -0.354 e. The summed E-state index contributed by atoms with van der Waals surface area (Å²) in [6.07, 6.45) is 0. The average Bonchev–Trinajstić information content (AvgIpc) is 2.38. The Morgan fingerprint density at radius 2 is 1.79 bits per heavy atom. The van der Waals surface area contributed by atoms with E-state index in [1.54, 1.807) is 6.07 Å². The second-order valence-corrected chi connectivity index (χ2v) is 3.74. The van der Waals surface area contributed by atoms with Crippen LogP contribution in [0.3, 0.4) is 0 Å². The Morgan fingerprint density at radius 1 is 1.00 bits per heavy atom. The van der Waals surface area contributed by atoms with E-state index in [9.17, 15) is 8.78 Å². The summed E-state index contributed by atoms with van der Waals surface area (Å²) < 4.78 is 26.6. The summed E-state index contributed by atoms with van der Waals surface area (Å²) in [5.41, 5.74) is 0.471. The van der Waals surface area contributed by atoms with Crippen LogP contribution in [0.25, 0.3) is 0 Å². The average molecular weight is 255 g/mol. The predicted octanol–water partition coefficient (Wildman–Crippen LogP) is 3.45. The monoisotopic (exact) mass is 255 g/mol. The maximum absolute atomic E-state index is 13.4. The molecule has 0 amide bonds. The van der Waals surface area contributed by atoms with Gasteiger partial charge < -0.3 is 5.32 Å². The smallest absolute Gasteiger partial charge is 0.143 e. The van der Waals surface area contributed by atoms with E-state index in [4.69, 9.17) is 10.5 Å². The molecule has 0 aliphatic carbocycles. The van der Waals surface area contributed by atoms with E-state index in [1.807, 2.05) is 6.07 Å². The molecule has 0 heterocycles. The van der Waals surface area contributed by atoms with Gasteiger partial charge in [-0.05, 0) is 30.3 Å². The molecule has 0 aromatic heterocycles. The van der Waals surface area contributed by atoms with E-state index < -0.39 is 11.6 Å². The highest BCUT2D eigenvalue weighted by atomic mass is 19.1. The molecule has 0 saturated heterocycles. The van der Waals surface area contributed by atoms with Crippen LogP contribution >= 0.6 is 0 Å². The highest BCUT2D eigenvalue weighted by molar-refractivity contribution is 5.67. The van der Waals surface area contributed by atoms with E-state index in [1.165, 1.54) is 18.2 Å². The molecule has 0 aliphatic rings. The van der Waals surface area contributed by atoms with Gasteiger partial charge in [-0.3, -0.25) is 0 Å². The lowest BCUT2D eigenvalue weighted by atomic mass is 10.1. The molecule has 3 nitrogen and oxygen atoms in total. The minimum absolute atomic E-state index is 0.136. The van der Waals surface area contributed by atoms with Crippen molar-refractivity contribution in [1.82, 2.24) is 0 Å². The van der Waals surface area contributed by atoms with E-state index in [2.05, 4.69) is 5.32 Å². The van der Waals surface area contributed by atoms with Crippen molar-refractivity contribution in [3.8, 4) is 12.1 Å². The number of halogens is 2. The summed E-state index contributed by atoms with van der Waals surface area (Å²) in [4.78, 5) is 0. The van der Waals surface area contributed by atoms with E-state index in [-0.39, 0.29) is 22.5 Å². The molecule has 19 heavy (non-hydrogen) atoms. The van der Waals surface area contributed by atoms with E-state index in [0.29, 0.717) is 0 Å². The van der Waals surface area contributed by atoms with Crippen LogP contribution in [0.1, 0.15) is 11.1 Å². The molecule has 0 radical (unpaired) electrons. The first-order chi connectivity index (χ1) is 9.13. The summed E-state index contributed by atoms with van der Waals surface area (Å²) in [7, 11) is 0. The highest BCUT2D eigenvalue weighted by Gasteiger charge is 2.08. The Morgan fingerprint density at radius 3 is 2.47 bits per heavy atom. The topological polar surface area (TPSA) is 59.6 Å². The molecule has 0 atom stereocenters. The Bertz CT molecular complexity index is 712. The fraction of sp³-hybridized carbons (Fsp3) is 0. The van der Waals surface area contributed by atoms with Crippen molar-refractivity contribution in [3.63, 3.8) is 0 Å². The zero-order chi connectivity index (χ0) is 13.8. The molecule has 0 spiro atoms. The van der Waals surface area contributed by atoms with Crippen molar-refractivity contribution in [2.24, 2.45) is 0 Å². The van der Waals surface area contributed by atoms with Crippen LogP contribution < -0.4 is 5.32 Å². The summed E-state index contributed by atoms with van der Waals surface area (Å²) in [6, 6.07) is 11.3. The van der Waals surface area contributed by atoms with Crippen LogP contribution in [-0.4, -0.2) is 0 Å². The number of hydrogen-bond acceptors (Lipinski definition) is 3. The van der Waals surface area contributed by atoms with Crippen LogP contribution in [0.15, 0.2) is 36.4 Å². The van der Waals surface area contributed by atoms with Gasteiger partial charge in [0.2, 0.25) is 0 Å². The lowest BCUT2D eigenvalue weighted by Crippen LogP contribution is -1.97. The lowest BCUT2D eigenvalue weighted by molar-refractivity contribution is 0.624. The molecule has 0 aliphatic heterocycles. The molecule has 0 fully saturated rings. The summed E-state index contributed by atoms with van der Waals surface area (Å²) in [6.45, 7) is 0. The maximum atomic E-state index is 13.4. The van der Waals surface area contributed by atoms with Gasteiger partial charge in [0.1, 0.15) is 23.3 Å². The molecule has 0 unspecified atom stereocenters. The fourth-order valence-electron chi connectivity index (χ4n) is 1.62. The SMILES string of the molecule is N#Cc1cc(F)cc(Nc2cccc(F)c2C#N)c1. The first-order valence-corrected chi connectivity index (χ1v) is 5.30. The molecule has 2 aromatic carbocycles. The summed E-state index contributed by atoms with van der Waals surface area (Å²) >= 11 is 0. The van der Waals surface area contributed by atoms with Gasteiger partial charge in [0.25, 0.3) is 0 Å². The van der Waals surface area contributed by atoms with Crippen LogP contribution in [0, 0.1) is 34.3 Å². The largest absolute Gasteiger partial charge is 0.354 e. The third kappa shape index (κ3) is 2.67. The molecule has 0 bridgehead atoms. The second kappa shape index (κ2) is 5.16. The molecular formula is C14H7F2N3. The van der Waals surface area contributed by atoms with Crippen LogP contribution in [0.4, 0.5) is 20.2 Å². The Balaban J connectivity index is 2.43. The third-order valence-electron chi connectivity index (χ3n) is 2.43. The first-order valence-electron chi connectivity index (χ1n) is 5.30. The Labute approximate surface area is 108 Å². The summed E-state index contributed by atoms with van der Waals surface area (Å²) in [5, 5.41) is 20.3. The zero-order valence-electron chi connectivity index (χ0n) is 9.61. The van der Waals surface area contributed by atoms with Gasteiger partial charge >= 0.3 is 0 Å². The van der Waals surface area contributed by atoms with Crippen molar-refractivity contribution in [1.29, 1.82) is 10.5 Å². The lowest BCUT2D eigenvalue weighted by Gasteiger charge is -2.09. The normalized spacial score (nSPS) is 9.47. The van der Waals surface area contributed by atoms with Crippen LogP contribution in [0.5, 0.6) is 0 Å². The summed E-state index contributed by atoms with van der Waals surface area (Å²) in [5.74, 6) is -1.25. The number of rotatable bonds is 2. The zero-order valence-corrected chi connectivity index (χ0v) is 9.61. The first kappa shape index (κ1) is 12.5. The highest BCUT2D eigenvalue weighted by Crippen LogP contribution is 2.23. The number of hydrogen-bond donors (Lipinski definition) is 1. The van der Waals surface area contributed by atoms with E-state index >= 15 is 0 Å². The maximum Gasteiger partial charge on any atom is 0.143 e. The molecule has 2 rings (SSSR count). The molecule has 2 aromatic rings. The molecule has 5 heteroatoms. The molecule has 1 N–H and O–H groups in total. The van der Waals surface area contributed by atoms with Gasteiger partial charge in [-0.25, -0.2) is 8.78 Å². The fourth-order valence-corrected chi connectivity index (χ4v) is 1.62. The number of nitrogens with zero attached hydrogens (tertiary/aromatic N) is 2. The van der Waals surface area contributed by atoms with Gasteiger partial charge in [-0.15, -0.1) is 0 Å². The van der Waals surface area contributed by atoms with Crippen molar-refractivity contribution in [2.75, 3.05) is 5.32 Å². The van der Waals surface area contributed by atoms with Crippen molar-refractivity contribution in [2.45, 2.75) is 0 Å². The number of nitriles is 2. The van der Waals surface area contributed by atoms with Gasteiger partial charge in [0.05, 0.1) is 17.3 Å². The third-order valence-corrected chi connectivity index (χ3v) is 2.43.